The molecule has 0 fully saturated rings. The van der Waals surface area contributed by atoms with Crippen molar-refractivity contribution < 1.29 is 23.8 Å². The fourth-order valence-electron chi connectivity index (χ4n) is 3.84. The molecule has 160 valence electrons. The molecule has 0 bridgehead atoms. The molecule has 0 spiro atoms. The lowest BCUT2D eigenvalue weighted by molar-refractivity contribution is -0.117. The lowest BCUT2D eigenvalue weighted by Gasteiger charge is -2.25. The first-order valence-electron chi connectivity index (χ1n) is 9.66. The molecule has 0 saturated heterocycles. The number of benzene rings is 2. The summed E-state index contributed by atoms with van der Waals surface area (Å²) in [6.07, 6.45) is 0. The van der Waals surface area contributed by atoms with Gasteiger partial charge in [-0.2, -0.15) is 0 Å². The van der Waals surface area contributed by atoms with Gasteiger partial charge in [-0.25, -0.2) is 0 Å². The summed E-state index contributed by atoms with van der Waals surface area (Å²) < 4.78 is 11.9. The molecule has 4 aromatic rings. The Labute approximate surface area is 195 Å². The van der Waals surface area contributed by atoms with E-state index in [1.807, 2.05) is 29.6 Å². The molecule has 0 radical (unpaired) electrons. The third kappa shape index (κ3) is 3.32. The lowest BCUT2D eigenvalue weighted by atomic mass is 10.00. The highest BCUT2D eigenvalue weighted by molar-refractivity contribution is 9.10. The second-order valence-corrected chi connectivity index (χ2v) is 9.07. The molecule has 6 nitrogen and oxygen atoms in total. The minimum absolute atomic E-state index is 0.0154. The third-order valence-corrected chi connectivity index (χ3v) is 6.72. The minimum Gasteiger partial charge on any atom is -0.503 e. The third-order valence-electron chi connectivity index (χ3n) is 5.30. The fourth-order valence-corrected chi connectivity index (χ4v) is 5.04. The van der Waals surface area contributed by atoms with Crippen molar-refractivity contribution in [3.05, 3.63) is 92.5 Å². The van der Waals surface area contributed by atoms with Gasteiger partial charge in [-0.15, -0.1) is 11.3 Å². The van der Waals surface area contributed by atoms with Crippen LogP contribution in [-0.2, 0) is 4.79 Å². The number of ether oxygens (including phenoxy) is 1. The van der Waals surface area contributed by atoms with Crippen molar-refractivity contribution in [1.29, 1.82) is 0 Å². The van der Waals surface area contributed by atoms with Gasteiger partial charge in [0.2, 0.25) is 5.78 Å². The summed E-state index contributed by atoms with van der Waals surface area (Å²) in [6, 6.07) is 16.8. The molecule has 0 saturated carbocycles. The predicted molar refractivity (Wildman–Crippen MR) is 125 cm³/mol. The number of aliphatic hydroxyl groups excluding tert-OH is 1. The molecule has 8 heteroatoms. The van der Waals surface area contributed by atoms with Crippen LogP contribution in [0.25, 0.3) is 11.0 Å². The number of aliphatic hydroxyl groups is 1. The number of ketones is 1. The number of Topliss-reactive ketones (excluding diaryl/α,β-unsaturated/α-hetero) is 1. The normalized spacial score (nSPS) is 16.2. The molecule has 1 N–H and O–H groups in total. The van der Waals surface area contributed by atoms with E-state index < -0.39 is 23.5 Å². The van der Waals surface area contributed by atoms with Gasteiger partial charge < -0.3 is 14.3 Å². The first-order chi connectivity index (χ1) is 15.5. The highest BCUT2D eigenvalue weighted by atomic mass is 79.9. The van der Waals surface area contributed by atoms with Gasteiger partial charge in [0.1, 0.15) is 17.4 Å². The van der Waals surface area contributed by atoms with Crippen LogP contribution < -0.4 is 9.64 Å². The molecule has 2 aromatic carbocycles. The molecule has 1 aliphatic heterocycles. The lowest BCUT2D eigenvalue weighted by Crippen LogP contribution is -2.30. The minimum atomic E-state index is -0.790. The van der Waals surface area contributed by atoms with Gasteiger partial charge in [0.05, 0.1) is 12.7 Å². The Hall–Kier alpha value is -3.36. The average Bonchev–Trinajstić information content (AvgIpc) is 3.52. The molecule has 5 rings (SSSR count). The number of anilines is 1. The zero-order valence-corrected chi connectivity index (χ0v) is 19.1. The Morgan fingerprint density at radius 1 is 1.16 bits per heavy atom. The molecule has 0 aliphatic carbocycles. The van der Waals surface area contributed by atoms with Gasteiger partial charge in [0.25, 0.3) is 5.91 Å². The Balaban J connectivity index is 1.63. The number of hydrogen-bond acceptors (Lipinski definition) is 6. The summed E-state index contributed by atoms with van der Waals surface area (Å²) in [6.45, 7) is 0. The Morgan fingerprint density at radius 2 is 2.00 bits per heavy atom. The fraction of sp³-hybridized carbons (Fsp3) is 0.0833. The maximum absolute atomic E-state index is 13.5. The quantitative estimate of drug-likeness (QED) is 0.331. The summed E-state index contributed by atoms with van der Waals surface area (Å²) in [5.74, 6) is -1.16. The molecule has 3 heterocycles. The van der Waals surface area contributed by atoms with Crippen molar-refractivity contribution in [2.75, 3.05) is 12.0 Å². The van der Waals surface area contributed by atoms with Crippen LogP contribution in [0.3, 0.4) is 0 Å². The van der Waals surface area contributed by atoms with E-state index >= 15 is 0 Å². The predicted octanol–water partition coefficient (Wildman–Crippen LogP) is 6.05. The highest BCUT2D eigenvalue weighted by Gasteiger charge is 2.46. The van der Waals surface area contributed by atoms with Crippen LogP contribution in [0.15, 0.2) is 86.3 Å². The smallest absolute Gasteiger partial charge is 0.294 e. The number of amides is 1. The maximum atomic E-state index is 13.5. The molecule has 1 aliphatic rings. The van der Waals surface area contributed by atoms with E-state index in [4.69, 9.17) is 9.15 Å². The topological polar surface area (TPSA) is 80.0 Å². The Bertz CT molecular complexity index is 1390. The van der Waals surface area contributed by atoms with E-state index in [0.29, 0.717) is 17.0 Å². The van der Waals surface area contributed by atoms with Crippen LogP contribution in [0.5, 0.6) is 5.75 Å². The van der Waals surface area contributed by atoms with E-state index in [1.165, 1.54) is 23.3 Å². The van der Waals surface area contributed by atoms with Crippen LogP contribution in [0.1, 0.15) is 21.5 Å². The van der Waals surface area contributed by atoms with Crippen LogP contribution >= 0.6 is 27.3 Å². The van der Waals surface area contributed by atoms with Crippen molar-refractivity contribution in [3.8, 4) is 5.75 Å². The number of carbonyl (C=O) groups excluding carboxylic acids is 2. The molecule has 1 unspecified atom stereocenters. The van der Waals surface area contributed by atoms with E-state index in [-0.39, 0.29) is 11.3 Å². The number of furan rings is 1. The van der Waals surface area contributed by atoms with Gasteiger partial charge in [0, 0.05) is 26.5 Å². The molecular formula is C24H16BrNO5S. The first-order valence-corrected chi connectivity index (χ1v) is 11.3. The number of halogens is 1. The van der Waals surface area contributed by atoms with Crippen LogP contribution in [0.4, 0.5) is 5.69 Å². The van der Waals surface area contributed by atoms with Gasteiger partial charge in [-0.05, 0) is 47.8 Å². The molecule has 1 atom stereocenters. The second kappa shape index (κ2) is 7.96. The average molecular weight is 510 g/mol. The first kappa shape index (κ1) is 20.5. The summed E-state index contributed by atoms with van der Waals surface area (Å²) in [4.78, 5) is 28.9. The molecule has 2 aromatic heterocycles. The molecular weight excluding hydrogens is 494 g/mol. The number of methoxy groups -OCH3 is 1. The van der Waals surface area contributed by atoms with Crippen molar-refractivity contribution >= 4 is 55.6 Å². The van der Waals surface area contributed by atoms with Crippen LogP contribution in [0.2, 0.25) is 0 Å². The zero-order chi connectivity index (χ0) is 22.4. The zero-order valence-electron chi connectivity index (χ0n) is 16.7. The molecule has 32 heavy (non-hydrogen) atoms. The number of rotatable bonds is 5. The number of thiophene rings is 1. The summed E-state index contributed by atoms with van der Waals surface area (Å²) in [5, 5.41) is 13.4. The van der Waals surface area contributed by atoms with E-state index in [1.54, 1.807) is 36.4 Å². The monoisotopic (exact) mass is 509 g/mol. The summed E-state index contributed by atoms with van der Waals surface area (Å²) in [5.41, 5.74) is 1.03. The van der Waals surface area contributed by atoms with E-state index in [9.17, 15) is 14.7 Å². The highest BCUT2D eigenvalue weighted by Crippen LogP contribution is 2.44. The van der Waals surface area contributed by atoms with Gasteiger partial charge >= 0.3 is 0 Å². The number of fused-ring (bicyclic) bond motifs is 1. The van der Waals surface area contributed by atoms with Crippen LogP contribution in [0, 0.1) is 0 Å². The standard InChI is InChI=1S/C24H16BrNO5S/c1-30-16-5-2-4-15(12-16)26-21(19-6-3-9-32-19)20(23(28)24(26)29)22(27)18-11-13-10-14(25)7-8-17(13)31-18/h2-12,21,28H,1H3. The maximum Gasteiger partial charge on any atom is 0.294 e. The number of nitrogens with zero attached hydrogens (tertiary/aromatic N) is 1. The van der Waals surface area contributed by atoms with Gasteiger partial charge in [0.15, 0.2) is 11.5 Å². The van der Waals surface area contributed by atoms with Crippen LogP contribution in [-0.4, -0.2) is 23.9 Å². The summed E-state index contributed by atoms with van der Waals surface area (Å²) >= 11 is 4.80. The van der Waals surface area contributed by atoms with Gasteiger partial charge in [-0.1, -0.05) is 28.1 Å². The number of carbonyl (C=O) groups is 2. The second-order valence-electron chi connectivity index (χ2n) is 7.18. The molecule has 1 amide bonds. The van der Waals surface area contributed by atoms with E-state index in [2.05, 4.69) is 15.9 Å². The van der Waals surface area contributed by atoms with Gasteiger partial charge in [-0.3, -0.25) is 14.5 Å². The Morgan fingerprint density at radius 3 is 2.75 bits per heavy atom. The van der Waals surface area contributed by atoms with Crippen molar-refractivity contribution in [2.24, 2.45) is 0 Å². The SMILES string of the molecule is COc1cccc(N2C(=O)C(O)=C(C(=O)c3cc4cc(Br)ccc4o3)C2c2cccs2)c1. The van der Waals surface area contributed by atoms with E-state index in [0.717, 1.165) is 14.7 Å². The largest absolute Gasteiger partial charge is 0.503 e. The summed E-state index contributed by atoms with van der Waals surface area (Å²) in [7, 11) is 1.53. The number of hydrogen-bond donors (Lipinski definition) is 1. The van der Waals surface area contributed by atoms with Crippen molar-refractivity contribution in [1.82, 2.24) is 0 Å². The van der Waals surface area contributed by atoms with Crippen molar-refractivity contribution in [2.45, 2.75) is 6.04 Å². The van der Waals surface area contributed by atoms with Crippen molar-refractivity contribution in [3.63, 3.8) is 0 Å². The Kier molecular flexibility index (Phi) is 5.11.